The minimum Gasteiger partial charge on any atom is -0.497 e. The van der Waals surface area contributed by atoms with E-state index in [9.17, 15) is 4.39 Å². The Morgan fingerprint density at radius 1 is 1.35 bits per heavy atom. The van der Waals surface area contributed by atoms with Gasteiger partial charge in [0.1, 0.15) is 5.75 Å². The zero-order valence-corrected chi connectivity index (χ0v) is 15.0. The average Bonchev–Trinajstić information content (AvgIpc) is 3.24. The van der Waals surface area contributed by atoms with E-state index in [0.29, 0.717) is 12.4 Å². The molecule has 0 unspecified atom stereocenters. The average molecular weight is 357 g/mol. The third-order valence-electron chi connectivity index (χ3n) is 5.27. The molecular weight excluding hydrogens is 333 g/mol. The summed E-state index contributed by atoms with van der Waals surface area (Å²) < 4.78 is 25.2. The third kappa shape index (κ3) is 3.66. The van der Waals surface area contributed by atoms with E-state index in [2.05, 4.69) is 27.3 Å². The topological polar surface area (TPSA) is 46.6 Å². The molecule has 2 aliphatic heterocycles. The van der Waals surface area contributed by atoms with E-state index >= 15 is 0 Å². The Kier molecular flexibility index (Phi) is 4.78. The fourth-order valence-electron chi connectivity index (χ4n) is 3.96. The van der Waals surface area contributed by atoms with Gasteiger partial charge in [0.05, 0.1) is 25.4 Å². The van der Waals surface area contributed by atoms with Crippen molar-refractivity contribution in [2.75, 3.05) is 32.1 Å². The lowest BCUT2D eigenvalue weighted by molar-refractivity contribution is 0.0120. The summed E-state index contributed by atoms with van der Waals surface area (Å²) in [7, 11) is 1.68. The van der Waals surface area contributed by atoms with Crippen LogP contribution in [-0.2, 0) is 11.3 Å². The summed E-state index contributed by atoms with van der Waals surface area (Å²) >= 11 is 0. The van der Waals surface area contributed by atoms with Crippen molar-refractivity contribution in [3.63, 3.8) is 0 Å². The highest BCUT2D eigenvalue weighted by atomic mass is 19.1. The zero-order chi connectivity index (χ0) is 18.0. The Hall–Kier alpha value is -2.18. The number of hydrogen-bond acceptors (Lipinski definition) is 5. The van der Waals surface area contributed by atoms with Crippen molar-refractivity contribution in [1.29, 1.82) is 0 Å². The summed E-state index contributed by atoms with van der Waals surface area (Å²) in [6.07, 6.45) is 3.48. The van der Waals surface area contributed by atoms with Gasteiger partial charge in [-0.2, -0.15) is 0 Å². The van der Waals surface area contributed by atoms with Crippen LogP contribution >= 0.6 is 0 Å². The highest BCUT2D eigenvalue weighted by Gasteiger charge is 2.45. The number of halogens is 1. The Morgan fingerprint density at radius 2 is 2.19 bits per heavy atom. The molecule has 2 aromatic rings. The van der Waals surface area contributed by atoms with Crippen LogP contribution in [0.2, 0.25) is 0 Å². The summed E-state index contributed by atoms with van der Waals surface area (Å²) in [5.74, 6) is 0.869. The molecule has 0 saturated carbocycles. The minimum atomic E-state index is -0.319. The Labute approximate surface area is 153 Å². The quantitative estimate of drug-likeness (QED) is 0.891. The maximum absolute atomic E-state index is 13.8. The SMILES string of the molecule is COc1ccc(CN2CC[C@@]3(C[C@H](Nc4ncccc4F)CO3)C2)cc1. The molecule has 2 aliphatic rings. The summed E-state index contributed by atoms with van der Waals surface area (Å²) in [6.45, 7) is 3.41. The molecule has 1 aromatic heterocycles. The van der Waals surface area contributed by atoms with E-state index in [1.807, 2.05) is 12.1 Å². The second-order valence-electron chi connectivity index (χ2n) is 7.18. The first-order chi connectivity index (χ1) is 12.7. The lowest BCUT2D eigenvalue weighted by Crippen LogP contribution is -2.33. The molecule has 2 fully saturated rings. The van der Waals surface area contributed by atoms with Crippen LogP contribution < -0.4 is 10.1 Å². The summed E-state index contributed by atoms with van der Waals surface area (Å²) in [6, 6.07) is 11.3. The highest BCUT2D eigenvalue weighted by Crippen LogP contribution is 2.36. The first-order valence-corrected chi connectivity index (χ1v) is 9.02. The smallest absolute Gasteiger partial charge is 0.165 e. The number of anilines is 1. The van der Waals surface area contributed by atoms with Gasteiger partial charge in [0.2, 0.25) is 0 Å². The second kappa shape index (κ2) is 7.21. The van der Waals surface area contributed by atoms with E-state index in [-0.39, 0.29) is 17.5 Å². The van der Waals surface area contributed by atoms with E-state index in [0.717, 1.165) is 38.2 Å². The van der Waals surface area contributed by atoms with Crippen molar-refractivity contribution in [3.05, 3.63) is 54.0 Å². The summed E-state index contributed by atoms with van der Waals surface area (Å²) in [5.41, 5.74) is 1.14. The summed E-state index contributed by atoms with van der Waals surface area (Å²) in [5, 5.41) is 3.19. The van der Waals surface area contributed by atoms with E-state index in [1.165, 1.54) is 11.6 Å². The number of hydrogen-bond donors (Lipinski definition) is 1. The molecule has 26 heavy (non-hydrogen) atoms. The first-order valence-electron chi connectivity index (χ1n) is 9.02. The number of pyridine rings is 1. The third-order valence-corrected chi connectivity index (χ3v) is 5.27. The molecule has 1 aromatic carbocycles. The van der Waals surface area contributed by atoms with Crippen molar-refractivity contribution in [2.24, 2.45) is 0 Å². The summed E-state index contributed by atoms with van der Waals surface area (Å²) in [4.78, 5) is 6.50. The van der Waals surface area contributed by atoms with Crippen LogP contribution in [0.5, 0.6) is 5.75 Å². The van der Waals surface area contributed by atoms with Gasteiger partial charge in [-0.15, -0.1) is 0 Å². The van der Waals surface area contributed by atoms with Crippen LogP contribution in [0.1, 0.15) is 18.4 Å². The Balaban J connectivity index is 1.33. The molecule has 0 radical (unpaired) electrons. The number of ether oxygens (including phenoxy) is 2. The van der Waals surface area contributed by atoms with Crippen LogP contribution in [0, 0.1) is 5.82 Å². The molecule has 4 rings (SSSR count). The standard InChI is InChI=1S/C20H24FN3O2/c1-25-17-6-4-15(5-7-17)12-24-10-8-20(14-24)11-16(13-26-20)23-19-18(21)3-2-9-22-19/h2-7,9,16H,8,10-14H2,1H3,(H,22,23)/t16-,20+/m0/s1. The van der Waals surface area contributed by atoms with Crippen LogP contribution in [0.15, 0.2) is 42.6 Å². The van der Waals surface area contributed by atoms with Crippen LogP contribution in [-0.4, -0.2) is 48.3 Å². The van der Waals surface area contributed by atoms with E-state index in [4.69, 9.17) is 9.47 Å². The molecule has 5 nitrogen and oxygen atoms in total. The lowest BCUT2D eigenvalue weighted by Gasteiger charge is -2.23. The molecule has 0 bridgehead atoms. The number of nitrogens with zero attached hydrogens (tertiary/aromatic N) is 2. The predicted octanol–water partition coefficient (Wildman–Crippen LogP) is 3.07. The minimum absolute atomic E-state index is 0.0975. The van der Waals surface area contributed by atoms with E-state index < -0.39 is 0 Å². The molecule has 3 heterocycles. The van der Waals surface area contributed by atoms with Gasteiger partial charge in [0.25, 0.3) is 0 Å². The van der Waals surface area contributed by atoms with Gasteiger partial charge in [-0.05, 0) is 36.2 Å². The maximum Gasteiger partial charge on any atom is 0.165 e. The van der Waals surface area contributed by atoms with Crippen LogP contribution in [0.4, 0.5) is 10.2 Å². The molecular formula is C20H24FN3O2. The van der Waals surface area contributed by atoms with Gasteiger partial charge < -0.3 is 14.8 Å². The molecule has 0 aliphatic carbocycles. The number of aromatic nitrogens is 1. The number of methoxy groups -OCH3 is 1. The predicted molar refractivity (Wildman–Crippen MR) is 97.8 cm³/mol. The van der Waals surface area contributed by atoms with Crippen molar-refractivity contribution < 1.29 is 13.9 Å². The fraction of sp³-hybridized carbons (Fsp3) is 0.450. The maximum atomic E-state index is 13.8. The van der Waals surface area contributed by atoms with E-state index in [1.54, 1.807) is 19.4 Å². The molecule has 6 heteroatoms. The largest absolute Gasteiger partial charge is 0.497 e. The Morgan fingerprint density at radius 3 is 2.96 bits per heavy atom. The van der Waals surface area contributed by atoms with Gasteiger partial charge in [-0.1, -0.05) is 12.1 Å². The van der Waals surface area contributed by atoms with Crippen molar-refractivity contribution >= 4 is 5.82 Å². The van der Waals surface area contributed by atoms with Gasteiger partial charge >= 0.3 is 0 Å². The fourth-order valence-corrected chi connectivity index (χ4v) is 3.96. The highest BCUT2D eigenvalue weighted by molar-refractivity contribution is 5.37. The Bertz CT molecular complexity index is 755. The van der Waals surface area contributed by atoms with Crippen molar-refractivity contribution in [3.8, 4) is 5.75 Å². The van der Waals surface area contributed by atoms with Gasteiger partial charge in [0.15, 0.2) is 11.6 Å². The molecule has 1 spiro atoms. The lowest BCUT2D eigenvalue weighted by atomic mass is 9.97. The number of likely N-dealkylation sites (tertiary alicyclic amines) is 1. The normalized spacial score (nSPS) is 25.7. The number of nitrogens with one attached hydrogen (secondary N) is 1. The first kappa shape index (κ1) is 17.2. The van der Waals surface area contributed by atoms with Gasteiger partial charge in [-0.25, -0.2) is 9.37 Å². The molecule has 0 amide bonds. The molecule has 2 atom stereocenters. The van der Waals surface area contributed by atoms with Crippen molar-refractivity contribution in [1.82, 2.24) is 9.88 Å². The molecule has 2 saturated heterocycles. The van der Waals surface area contributed by atoms with Crippen LogP contribution in [0.25, 0.3) is 0 Å². The molecule has 138 valence electrons. The zero-order valence-electron chi connectivity index (χ0n) is 15.0. The molecule has 1 N–H and O–H groups in total. The number of rotatable bonds is 5. The van der Waals surface area contributed by atoms with Crippen molar-refractivity contribution in [2.45, 2.75) is 31.0 Å². The van der Waals surface area contributed by atoms with Gasteiger partial charge in [-0.3, -0.25) is 4.90 Å². The second-order valence-corrected chi connectivity index (χ2v) is 7.18. The number of benzene rings is 1. The van der Waals surface area contributed by atoms with Crippen LogP contribution in [0.3, 0.4) is 0 Å². The van der Waals surface area contributed by atoms with Gasteiger partial charge in [0, 0.05) is 32.3 Å². The monoisotopic (exact) mass is 357 g/mol.